The monoisotopic (exact) mass is 221 g/mol. The van der Waals surface area contributed by atoms with Crippen LogP contribution >= 0.6 is 11.6 Å². The molecule has 1 aromatic carbocycles. The van der Waals surface area contributed by atoms with Gasteiger partial charge in [0.25, 0.3) is 0 Å². The van der Waals surface area contributed by atoms with Crippen LogP contribution in [-0.4, -0.2) is 15.9 Å². The fourth-order valence-electron chi connectivity index (χ4n) is 1.31. The number of hydrogen-bond donors (Lipinski definition) is 2. The molecule has 15 heavy (non-hydrogen) atoms. The molecule has 76 valence electrons. The van der Waals surface area contributed by atoms with Gasteiger partial charge in [0.1, 0.15) is 5.75 Å². The molecule has 0 bridgehead atoms. The minimum absolute atomic E-state index is 0.0704. The van der Waals surface area contributed by atoms with Crippen LogP contribution in [0.1, 0.15) is 16.1 Å². The number of phenolic OH excluding ortho intramolecular Hbond substituents is 1. The first-order valence-corrected chi connectivity index (χ1v) is 4.73. The maximum absolute atomic E-state index is 11.8. The van der Waals surface area contributed by atoms with Crippen LogP contribution in [0.15, 0.2) is 36.5 Å². The molecule has 0 amide bonds. The molecule has 0 saturated carbocycles. The quantitative estimate of drug-likeness (QED) is 0.766. The van der Waals surface area contributed by atoms with E-state index in [1.807, 2.05) is 0 Å². The molecule has 0 atom stereocenters. The number of phenols is 1. The van der Waals surface area contributed by atoms with Crippen LogP contribution in [0.4, 0.5) is 0 Å². The maximum atomic E-state index is 11.8. The van der Waals surface area contributed by atoms with Gasteiger partial charge in [-0.25, -0.2) is 0 Å². The van der Waals surface area contributed by atoms with Gasteiger partial charge in [-0.2, -0.15) is 0 Å². The predicted octanol–water partition coefficient (Wildman–Crippen LogP) is 2.60. The summed E-state index contributed by atoms with van der Waals surface area (Å²) in [6.07, 6.45) is 1.65. The number of halogens is 1. The third-order valence-corrected chi connectivity index (χ3v) is 2.28. The molecule has 1 aromatic heterocycles. The van der Waals surface area contributed by atoms with E-state index in [4.69, 9.17) is 11.6 Å². The van der Waals surface area contributed by atoms with E-state index in [0.29, 0.717) is 10.7 Å². The maximum Gasteiger partial charge on any atom is 0.212 e. The molecule has 0 aliphatic carbocycles. The summed E-state index contributed by atoms with van der Waals surface area (Å²) in [5.41, 5.74) is 0.623. The van der Waals surface area contributed by atoms with Crippen LogP contribution < -0.4 is 0 Å². The lowest BCUT2D eigenvalue weighted by Gasteiger charge is -2.02. The summed E-state index contributed by atoms with van der Waals surface area (Å²) >= 11 is 5.75. The van der Waals surface area contributed by atoms with Gasteiger partial charge in [-0.05, 0) is 30.3 Å². The Morgan fingerprint density at radius 2 is 2.13 bits per heavy atom. The summed E-state index contributed by atoms with van der Waals surface area (Å²) in [6, 6.07) is 7.73. The summed E-state index contributed by atoms with van der Waals surface area (Å²) in [5, 5.41) is 9.93. The lowest BCUT2D eigenvalue weighted by atomic mass is 10.1. The summed E-state index contributed by atoms with van der Waals surface area (Å²) < 4.78 is 0. The van der Waals surface area contributed by atoms with Gasteiger partial charge in [0, 0.05) is 11.2 Å². The van der Waals surface area contributed by atoms with Crippen molar-refractivity contribution in [2.45, 2.75) is 0 Å². The van der Waals surface area contributed by atoms with Crippen LogP contribution in [0.5, 0.6) is 5.75 Å². The van der Waals surface area contributed by atoms with Gasteiger partial charge in [0.15, 0.2) is 0 Å². The first kappa shape index (κ1) is 9.80. The lowest BCUT2D eigenvalue weighted by Crippen LogP contribution is -2.01. The zero-order valence-corrected chi connectivity index (χ0v) is 8.45. The first-order chi connectivity index (χ1) is 7.18. The molecule has 2 aromatic rings. The summed E-state index contributed by atoms with van der Waals surface area (Å²) in [7, 11) is 0. The van der Waals surface area contributed by atoms with Crippen molar-refractivity contribution in [3.8, 4) is 5.75 Å². The molecule has 4 heteroatoms. The average Bonchev–Trinajstić information content (AvgIpc) is 2.74. The van der Waals surface area contributed by atoms with Gasteiger partial charge in [-0.1, -0.05) is 11.6 Å². The van der Waals surface area contributed by atoms with Gasteiger partial charge < -0.3 is 10.1 Å². The molecular weight excluding hydrogens is 214 g/mol. The van der Waals surface area contributed by atoms with Gasteiger partial charge in [-0.15, -0.1) is 0 Å². The Hall–Kier alpha value is -1.74. The number of carbonyl (C=O) groups is 1. The Morgan fingerprint density at radius 3 is 2.80 bits per heavy atom. The third kappa shape index (κ3) is 1.87. The number of rotatable bonds is 2. The van der Waals surface area contributed by atoms with Gasteiger partial charge >= 0.3 is 0 Å². The van der Waals surface area contributed by atoms with E-state index in [9.17, 15) is 9.90 Å². The second kappa shape index (κ2) is 3.79. The zero-order valence-electron chi connectivity index (χ0n) is 7.70. The topological polar surface area (TPSA) is 53.1 Å². The molecule has 1 heterocycles. The Labute approximate surface area is 91.3 Å². The highest BCUT2D eigenvalue weighted by Gasteiger charge is 2.14. The van der Waals surface area contributed by atoms with Crippen molar-refractivity contribution < 1.29 is 9.90 Å². The first-order valence-electron chi connectivity index (χ1n) is 4.35. The molecule has 0 saturated heterocycles. The second-order valence-electron chi connectivity index (χ2n) is 3.07. The molecule has 0 unspecified atom stereocenters. The number of aromatic amines is 1. The molecule has 0 aliphatic rings. The summed E-state index contributed by atoms with van der Waals surface area (Å²) in [5.74, 6) is -0.348. The number of hydrogen-bond acceptors (Lipinski definition) is 2. The van der Waals surface area contributed by atoms with Crippen molar-refractivity contribution in [1.82, 2.24) is 4.98 Å². The fraction of sp³-hybridized carbons (Fsp3) is 0. The van der Waals surface area contributed by atoms with Crippen molar-refractivity contribution in [3.63, 3.8) is 0 Å². The Kier molecular flexibility index (Phi) is 2.47. The van der Waals surface area contributed by atoms with Gasteiger partial charge in [0.05, 0.1) is 11.3 Å². The standard InChI is InChI=1S/C11H8ClNO2/c12-7-3-4-10(14)8(6-7)11(15)9-2-1-5-13-9/h1-6,13-14H. The number of carbonyl (C=O) groups excluding carboxylic acids is 1. The Bertz CT molecular complexity index is 491. The van der Waals surface area contributed by atoms with Crippen LogP contribution in [0.25, 0.3) is 0 Å². The van der Waals surface area contributed by atoms with E-state index < -0.39 is 0 Å². The van der Waals surface area contributed by atoms with Crippen LogP contribution in [0.3, 0.4) is 0 Å². The second-order valence-corrected chi connectivity index (χ2v) is 3.51. The van der Waals surface area contributed by atoms with Crippen molar-refractivity contribution in [1.29, 1.82) is 0 Å². The SMILES string of the molecule is O=C(c1ccc[nH]1)c1cc(Cl)ccc1O. The van der Waals surface area contributed by atoms with E-state index in [2.05, 4.69) is 4.98 Å². The Balaban J connectivity index is 2.46. The average molecular weight is 222 g/mol. The molecule has 0 spiro atoms. The third-order valence-electron chi connectivity index (χ3n) is 2.05. The lowest BCUT2D eigenvalue weighted by molar-refractivity contribution is 0.103. The summed E-state index contributed by atoms with van der Waals surface area (Å²) in [6.45, 7) is 0. The van der Waals surface area contributed by atoms with Crippen molar-refractivity contribution in [3.05, 3.63) is 52.8 Å². The molecule has 3 nitrogen and oxygen atoms in total. The zero-order chi connectivity index (χ0) is 10.8. The van der Waals surface area contributed by atoms with E-state index >= 15 is 0 Å². The normalized spacial score (nSPS) is 10.2. The van der Waals surface area contributed by atoms with Gasteiger partial charge in [0.2, 0.25) is 5.78 Å². The molecule has 2 rings (SSSR count). The van der Waals surface area contributed by atoms with E-state index in [1.54, 1.807) is 18.3 Å². The number of ketones is 1. The van der Waals surface area contributed by atoms with Crippen LogP contribution in [0, 0.1) is 0 Å². The molecule has 0 radical (unpaired) electrons. The smallest absolute Gasteiger partial charge is 0.212 e. The molecular formula is C11H8ClNO2. The summed E-state index contributed by atoms with van der Waals surface area (Å²) in [4.78, 5) is 14.6. The highest BCUT2D eigenvalue weighted by atomic mass is 35.5. The number of H-pyrrole nitrogens is 1. The molecule has 0 aliphatic heterocycles. The van der Waals surface area contributed by atoms with E-state index in [-0.39, 0.29) is 17.1 Å². The molecule has 0 fully saturated rings. The van der Waals surface area contributed by atoms with Crippen LogP contribution in [-0.2, 0) is 0 Å². The highest BCUT2D eigenvalue weighted by molar-refractivity contribution is 6.31. The van der Waals surface area contributed by atoms with Crippen LogP contribution in [0.2, 0.25) is 5.02 Å². The molecule has 2 N–H and O–H groups in total. The number of aromatic hydroxyl groups is 1. The minimum atomic E-state index is -0.278. The fourth-order valence-corrected chi connectivity index (χ4v) is 1.48. The minimum Gasteiger partial charge on any atom is -0.507 e. The van der Waals surface area contributed by atoms with Crippen molar-refractivity contribution >= 4 is 17.4 Å². The van der Waals surface area contributed by atoms with Gasteiger partial charge in [-0.3, -0.25) is 4.79 Å². The van der Waals surface area contributed by atoms with Crippen molar-refractivity contribution in [2.75, 3.05) is 0 Å². The largest absolute Gasteiger partial charge is 0.507 e. The number of benzene rings is 1. The highest BCUT2D eigenvalue weighted by Crippen LogP contribution is 2.23. The predicted molar refractivity (Wildman–Crippen MR) is 57.3 cm³/mol. The number of nitrogens with one attached hydrogen (secondary N) is 1. The Morgan fingerprint density at radius 1 is 1.33 bits per heavy atom. The number of aromatic nitrogens is 1. The van der Waals surface area contributed by atoms with Crippen molar-refractivity contribution in [2.24, 2.45) is 0 Å². The van der Waals surface area contributed by atoms with E-state index in [0.717, 1.165) is 0 Å². The van der Waals surface area contributed by atoms with E-state index in [1.165, 1.54) is 18.2 Å².